The Morgan fingerprint density at radius 1 is 1.25 bits per heavy atom. The van der Waals surface area contributed by atoms with Gasteiger partial charge >= 0.3 is 0 Å². The van der Waals surface area contributed by atoms with Crippen LogP contribution in [-0.2, 0) is 0 Å². The predicted molar refractivity (Wildman–Crippen MR) is 79.5 cm³/mol. The van der Waals surface area contributed by atoms with E-state index in [9.17, 15) is 0 Å². The Kier molecular flexibility index (Phi) is 4.13. The summed E-state index contributed by atoms with van der Waals surface area (Å²) in [5.74, 6) is 1.74. The first-order valence-corrected chi connectivity index (χ1v) is 7.62. The fourth-order valence-corrected chi connectivity index (χ4v) is 2.85. The second-order valence-electron chi connectivity index (χ2n) is 5.56. The molecule has 0 bridgehead atoms. The quantitative estimate of drug-likeness (QED) is 0.863. The number of benzene rings is 1. The summed E-state index contributed by atoms with van der Waals surface area (Å²) < 4.78 is 11.3. The molecule has 1 aromatic carbocycles. The third-order valence-electron chi connectivity index (χ3n) is 4.20. The maximum absolute atomic E-state index is 5.68. The number of fused-ring (bicyclic) bond motifs is 1. The van der Waals surface area contributed by atoms with E-state index in [-0.39, 0.29) is 0 Å². The summed E-state index contributed by atoms with van der Waals surface area (Å²) in [5.41, 5.74) is 1.27. The Morgan fingerprint density at radius 2 is 2.00 bits per heavy atom. The number of nitrogens with zero attached hydrogens (tertiary/aromatic N) is 1. The normalized spacial score (nSPS) is 19.1. The Morgan fingerprint density at radius 3 is 2.65 bits per heavy atom. The molecule has 1 saturated carbocycles. The average molecular weight is 276 g/mol. The summed E-state index contributed by atoms with van der Waals surface area (Å²) in [6.07, 6.45) is 2.71. The maximum Gasteiger partial charge on any atom is 0.161 e. The second-order valence-corrected chi connectivity index (χ2v) is 5.56. The van der Waals surface area contributed by atoms with Crippen LogP contribution in [-0.4, -0.2) is 44.3 Å². The van der Waals surface area contributed by atoms with Gasteiger partial charge in [-0.1, -0.05) is 13.0 Å². The zero-order valence-corrected chi connectivity index (χ0v) is 12.4. The van der Waals surface area contributed by atoms with Crippen LogP contribution >= 0.6 is 0 Å². The summed E-state index contributed by atoms with van der Waals surface area (Å²) in [7, 11) is 2.03. The fourth-order valence-electron chi connectivity index (χ4n) is 2.85. The van der Waals surface area contributed by atoms with Crippen LogP contribution in [0.4, 0.5) is 0 Å². The predicted octanol–water partition coefficient (Wildman–Crippen LogP) is 2.20. The minimum Gasteiger partial charge on any atom is -0.486 e. The van der Waals surface area contributed by atoms with Gasteiger partial charge in [0.15, 0.2) is 11.5 Å². The molecule has 20 heavy (non-hydrogen) atoms. The standard InChI is InChI=1S/C16H24N2O2/c1-3-18(13-5-6-13)11-14(17-2)12-4-7-15-16(10-12)20-9-8-19-15/h4,7,10,13-14,17H,3,5-6,8-9,11H2,1-2H3. The van der Waals surface area contributed by atoms with Crippen LogP contribution in [0.25, 0.3) is 0 Å². The van der Waals surface area contributed by atoms with Crippen molar-refractivity contribution < 1.29 is 9.47 Å². The summed E-state index contributed by atoms with van der Waals surface area (Å²) >= 11 is 0. The number of ether oxygens (including phenoxy) is 2. The van der Waals surface area contributed by atoms with Gasteiger partial charge in [0.1, 0.15) is 13.2 Å². The molecule has 1 heterocycles. The number of rotatable bonds is 6. The average Bonchev–Trinajstić information content (AvgIpc) is 3.33. The van der Waals surface area contributed by atoms with Gasteiger partial charge in [0.25, 0.3) is 0 Å². The van der Waals surface area contributed by atoms with Crippen molar-refractivity contribution in [3.8, 4) is 11.5 Å². The first-order chi connectivity index (χ1) is 9.81. The smallest absolute Gasteiger partial charge is 0.161 e. The topological polar surface area (TPSA) is 33.7 Å². The first kappa shape index (κ1) is 13.7. The zero-order valence-electron chi connectivity index (χ0n) is 12.4. The Hall–Kier alpha value is -1.26. The van der Waals surface area contributed by atoms with Crippen molar-refractivity contribution >= 4 is 0 Å². The van der Waals surface area contributed by atoms with Gasteiger partial charge in [-0.25, -0.2) is 0 Å². The molecule has 1 N–H and O–H groups in total. The van der Waals surface area contributed by atoms with Gasteiger partial charge in [-0.3, -0.25) is 4.90 Å². The lowest BCUT2D eigenvalue weighted by atomic mass is 10.1. The van der Waals surface area contributed by atoms with E-state index in [1.165, 1.54) is 18.4 Å². The molecule has 4 heteroatoms. The minimum absolute atomic E-state index is 0.339. The van der Waals surface area contributed by atoms with E-state index in [0.717, 1.165) is 30.6 Å². The molecule has 1 atom stereocenters. The van der Waals surface area contributed by atoms with Crippen molar-refractivity contribution in [1.29, 1.82) is 0 Å². The van der Waals surface area contributed by atoms with Gasteiger partial charge in [0.05, 0.1) is 0 Å². The molecule has 0 aromatic heterocycles. The number of hydrogen-bond acceptors (Lipinski definition) is 4. The van der Waals surface area contributed by atoms with E-state index in [1.807, 2.05) is 13.1 Å². The van der Waals surface area contributed by atoms with Gasteiger partial charge in [-0.15, -0.1) is 0 Å². The molecule has 0 radical (unpaired) electrons. The summed E-state index contributed by atoms with van der Waals surface area (Å²) in [4.78, 5) is 2.57. The highest BCUT2D eigenvalue weighted by Crippen LogP contribution is 2.34. The molecule has 4 nitrogen and oxygen atoms in total. The number of likely N-dealkylation sites (N-methyl/N-ethyl adjacent to an activating group) is 2. The highest BCUT2D eigenvalue weighted by molar-refractivity contribution is 5.44. The summed E-state index contributed by atoms with van der Waals surface area (Å²) in [6, 6.07) is 7.44. The molecular weight excluding hydrogens is 252 g/mol. The third-order valence-corrected chi connectivity index (χ3v) is 4.20. The zero-order chi connectivity index (χ0) is 13.9. The van der Waals surface area contributed by atoms with Crippen LogP contribution in [0.3, 0.4) is 0 Å². The molecule has 2 aliphatic rings. The Bertz CT molecular complexity index is 460. The lowest BCUT2D eigenvalue weighted by molar-refractivity contribution is 0.171. The van der Waals surface area contributed by atoms with E-state index in [2.05, 4.69) is 29.3 Å². The van der Waals surface area contributed by atoms with Crippen molar-refractivity contribution in [1.82, 2.24) is 10.2 Å². The fraction of sp³-hybridized carbons (Fsp3) is 0.625. The van der Waals surface area contributed by atoms with E-state index in [0.29, 0.717) is 19.3 Å². The van der Waals surface area contributed by atoms with Gasteiger partial charge in [-0.2, -0.15) is 0 Å². The van der Waals surface area contributed by atoms with Crippen molar-refractivity contribution in [3.05, 3.63) is 23.8 Å². The van der Waals surface area contributed by atoms with E-state index in [4.69, 9.17) is 9.47 Å². The molecule has 1 unspecified atom stereocenters. The Balaban J connectivity index is 1.74. The molecular formula is C16H24N2O2. The van der Waals surface area contributed by atoms with Gasteiger partial charge in [-0.05, 0) is 44.1 Å². The van der Waals surface area contributed by atoms with E-state index >= 15 is 0 Å². The lowest BCUT2D eigenvalue weighted by Crippen LogP contribution is -2.35. The number of nitrogens with one attached hydrogen (secondary N) is 1. The molecule has 1 aliphatic heterocycles. The molecule has 0 saturated heterocycles. The first-order valence-electron chi connectivity index (χ1n) is 7.62. The largest absolute Gasteiger partial charge is 0.486 e. The minimum atomic E-state index is 0.339. The van der Waals surface area contributed by atoms with Crippen LogP contribution in [0.15, 0.2) is 18.2 Å². The SMILES string of the molecule is CCN(CC(NC)c1ccc2c(c1)OCCO2)C1CC1. The van der Waals surface area contributed by atoms with Crippen LogP contribution < -0.4 is 14.8 Å². The molecule has 3 rings (SSSR count). The molecule has 1 aromatic rings. The number of hydrogen-bond donors (Lipinski definition) is 1. The van der Waals surface area contributed by atoms with E-state index in [1.54, 1.807) is 0 Å². The van der Waals surface area contributed by atoms with Crippen molar-refractivity contribution in [3.63, 3.8) is 0 Å². The second kappa shape index (κ2) is 6.02. The van der Waals surface area contributed by atoms with Crippen LogP contribution in [0.2, 0.25) is 0 Å². The molecule has 1 aliphatic carbocycles. The van der Waals surface area contributed by atoms with Gasteiger partial charge in [0.2, 0.25) is 0 Å². The lowest BCUT2D eigenvalue weighted by Gasteiger charge is -2.27. The molecule has 110 valence electrons. The highest BCUT2D eigenvalue weighted by atomic mass is 16.6. The van der Waals surface area contributed by atoms with E-state index < -0.39 is 0 Å². The van der Waals surface area contributed by atoms with Crippen molar-refractivity contribution in [2.45, 2.75) is 31.8 Å². The molecule has 0 amide bonds. The van der Waals surface area contributed by atoms with Crippen molar-refractivity contribution in [2.75, 3.05) is 33.4 Å². The van der Waals surface area contributed by atoms with Gasteiger partial charge in [0, 0.05) is 18.6 Å². The molecule has 0 spiro atoms. The monoisotopic (exact) mass is 276 g/mol. The van der Waals surface area contributed by atoms with Crippen molar-refractivity contribution in [2.24, 2.45) is 0 Å². The van der Waals surface area contributed by atoms with Gasteiger partial charge < -0.3 is 14.8 Å². The van der Waals surface area contributed by atoms with Crippen LogP contribution in [0.5, 0.6) is 11.5 Å². The van der Waals surface area contributed by atoms with Crippen LogP contribution in [0.1, 0.15) is 31.4 Å². The highest BCUT2D eigenvalue weighted by Gasteiger charge is 2.29. The molecule has 1 fully saturated rings. The van der Waals surface area contributed by atoms with Crippen LogP contribution in [0, 0.1) is 0 Å². The third kappa shape index (κ3) is 2.91. The summed E-state index contributed by atoms with van der Waals surface area (Å²) in [6.45, 7) is 5.70. The maximum atomic E-state index is 5.68. The Labute approximate surface area is 121 Å². The summed E-state index contributed by atoms with van der Waals surface area (Å²) in [5, 5.41) is 3.43.